The highest BCUT2D eigenvalue weighted by Crippen LogP contribution is 2.26. The third kappa shape index (κ3) is 3.05. The molecule has 1 atom stereocenters. The lowest BCUT2D eigenvalue weighted by Gasteiger charge is -2.13. The van der Waals surface area contributed by atoms with E-state index in [9.17, 15) is 9.50 Å². The average Bonchev–Trinajstić information content (AvgIpc) is 2.67. The largest absolute Gasteiger partial charge is 0.485 e. The predicted molar refractivity (Wildman–Crippen MR) is 69.6 cm³/mol. The van der Waals surface area contributed by atoms with Crippen LogP contribution in [0.2, 0.25) is 5.15 Å². The third-order valence-corrected chi connectivity index (χ3v) is 3.16. The molecule has 6 heteroatoms. The molecule has 2 rings (SSSR count). The van der Waals surface area contributed by atoms with E-state index in [4.69, 9.17) is 16.3 Å². The molecular formula is C13H14ClFN2O2. The molecule has 0 unspecified atom stereocenters. The van der Waals surface area contributed by atoms with E-state index in [0.29, 0.717) is 22.3 Å². The molecule has 0 spiro atoms. The van der Waals surface area contributed by atoms with Gasteiger partial charge in [-0.05, 0) is 19.1 Å². The second-order valence-electron chi connectivity index (χ2n) is 4.20. The van der Waals surface area contributed by atoms with Gasteiger partial charge in [0.15, 0.2) is 0 Å². The van der Waals surface area contributed by atoms with Gasteiger partial charge in [-0.3, -0.25) is 0 Å². The zero-order valence-corrected chi connectivity index (χ0v) is 11.4. The zero-order chi connectivity index (χ0) is 14.0. The van der Waals surface area contributed by atoms with Gasteiger partial charge in [0.2, 0.25) is 0 Å². The summed E-state index contributed by atoms with van der Waals surface area (Å²) in [6.07, 6.45) is 0.780. The first-order chi connectivity index (χ1) is 8.99. The van der Waals surface area contributed by atoms with Crippen LogP contribution < -0.4 is 4.74 Å². The molecule has 0 amide bonds. The van der Waals surface area contributed by atoms with E-state index >= 15 is 0 Å². The molecule has 0 saturated carbocycles. The standard InChI is InChI=1S/C13H14ClFN2O2/c1-8(18)10-4-3-9(15)5-11(10)19-7-13-16-6-12(14)17(13)2/h3-6,8,18H,7H2,1-2H3/t8-/m0/s1. The summed E-state index contributed by atoms with van der Waals surface area (Å²) in [7, 11) is 1.76. The molecule has 1 aromatic heterocycles. The molecule has 19 heavy (non-hydrogen) atoms. The van der Waals surface area contributed by atoms with E-state index in [1.54, 1.807) is 18.5 Å². The van der Waals surface area contributed by atoms with Crippen molar-refractivity contribution in [1.29, 1.82) is 0 Å². The van der Waals surface area contributed by atoms with E-state index in [-0.39, 0.29) is 6.61 Å². The number of benzene rings is 1. The molecule has 1 N–H and O–H groups in total. The highest BCUT2D eigenvalue weighted by atomic mass is 35.5. The zero-order valence-electron chi connectivity index (χ0n) is 10.6. The van der Waals surface area contributed by atoms with Gasteiger partial charge in [-0.15, -0.1) is 0 Å². The fourth-order valence-electron chi connectivity index (χ4n) is 1.68. The maximum atomic E-state index is 13.2. The molecule has 0 aliphatic heterocycles. The molecule has 0 aliphatic carbocycles. The number of ether oxygens (including phenoxy) is 1. The van der Waals surface area contributed by atoms with E-state index in [2.05, 4.69) is 4.98 Å². The number of halogens is 2. The third-order valence-electron chi connectivity index (χ3n) is 2.81. The van der Waals surface area contributed by atoms with Crippen LogP contribution in [0.1, 0.15) is 24.4 Å². The molecule has 0 radical (unpaired) electrons. The number of rotatable bonds is 4. The van der Waals surface area contributed by atoms with Crippen LogP contribution in [0.5, 0.6) is 5.75 Å². The van der Waals surface area contributed by atoms with Gasteiger partial charge in [0, 0.05) is 18.7 Å². The van der Waals surface area contributed by atoms with Crippen molar-refractivity contribution in [1.82, 2.24) is 9.55 Å². The van der Waals surface area contributed by atoms with Crippen molar-refractivity contribution >= 4 is 11.6 Å². The monoisotopic (exact) mass is 284 g/mol. The van der Waals surface area contributed by atoms with Crippen LogP contribution >= 0.6 is 11.6 Å². The van der Waals surface area contributed by atoms with Gasteiger partial charge >= 0.3 is 0 Å². The Morgan fingerprint density at radius 1 is 1.53 bits per heavy atom. The topological polar surface area (TPSA) is 47.3 Å². The molecule has 0 saturated heterocycles. The fraction of sp³-hybridized carbons (Fsp3) is 0.308. The van der Waals surface area contributed by atoms with Crippen LogP contribution in [-0.4, -0.2) is 14.7 Å². The molecular weight excluding hydrogens is 271 g/mol. The van der Waals surface area contributed by atoms with Crippen molar-refractivity contribution in [2.75, 3.05) is 0 Å². The van der Waals surface area contributed by atoms with E-state index in [1.807, 2.05) is 0 Å². The lowest BCUT2D eigenvalue weighted by atomic mass is 10.1. The van der Waals surface area contributed by atoms with Crippen LogP contribution in [-0.2, 0) is 13.7 Å². The number of hydrogen-bond acceptors (Lipinski definition) is 3. The Labute approximate surface area is 115 Å². The summed E-state index contributed by atoms with van der Waals surface area (Å²) in [5.74, 6) is 0.497. The summed E-state index contributed by atoms with van der Waals surface area (Å²) in [6.45, 7) is 1.74. The summed E-state index contributed by atoms with van der Waals surface area (Å²) in [5.41, 5.74) is 0.529. The molecule has 0 aliphatic rings. The van der Waals surface area contributed by atoms with Gasteiger partial charge in [0.25, 0.3) is 0 Å². The van der Waals surface area contributed by atoms with Gasteiger partial charge in [-0.1, -0.05) is 11.6 Å². The highest BCUT2D eigenvalue weighted by molar-refractivity contribution is 6.29. The number of hydrogen-bond donors (Lipinski definition) is 1. The van der Waals surface area contributed by atoms with Crippen molar-refractivity contribution < 1.29 is 14.2 Å². The van der Waals surface area contributed by atoms with Crippen LogP contribution in [0, 0.1) is 5.82 Å². The van der Waals surface area contributed by atoms with Gasteiger partial charge in [-0.25, -0.2) is 9.37 Å². The summed E-state index contributed by atoms with van der Waals surface area (Å²) in [5, 5.41) is 10.1. The molecule has 0 bridgehead atoms. The number of imidazole rings is 1. The summed E-state index contributed by atoms with van der Waals surface area (Å²) >= 11 is 5.86. The summed E-state index contributed by atoms with van der Waals surface area (Å²) in [4.78, 5) is 4.08. The van der Waals surface area contributed by atoms with Crippen molar-refractivity contribution in [2.24, 2.45) is 7.05 Å². The minimum atomic E-state index is -0.736. The second-order valence-corrected chi connectivity index (χ2v) is 4.59. The van der Waals surface area contributed by atoms with Gasteiger partial charge in [0.1, 0.15) is 29.2 Å². The first-order valence-electron chi connectivity index (χ1n) is 5.75. The smallest absolute Gasteiger partial charge is 0.147 e. The molecule has 4 nitrogen and oxygen atoms in total. The van der Waals surface area contributed by atoms with Gasteiger partial charge < -0.3 is 14.4 Å². The van der Waals surface area contributed by atoms with Crippen LogP contribution in [0.4, 0.5) is 4.39 Å². The quantitative estimate of drug-likeness (QED) is 0.939. The van der Waals surface area contributed by atoms with E-state index < -0.39 is 11.9 Å². The van der Waals surface area contributed by atoms with Crippen LogP contribution in [0.25, 0.3) is 0 Å². The molecule has 1 aromatic carbocycles. The van der Waals surface area contributed by atoms with Crippen LogP contribution in [0.3, 0.4) is 0 Å². The molecule has 102 valence electrons. The van der Waals surface area contributed by atoms with Crippen molar-refractivity contribution in [3.8, 4) is 5.75 Å². The Hall–Kier alpha value is -1.59. The lowest BCUT2D eigenvalue weighted by Crippen LogP contribution is -2.06. The average molecular weight is 285 g/mol. The van der Waals surface area contributed by atoms with Crippen LogP contribution in [0.15, 0.2) is 24.4 Å². The van der Waals surface area contributed by atoms with Gasteiger partial charge in [-0.2, -0.15) is 0 Å². The first-order valence-corrected chi connectivity index (χ1v) is 6.13. The minimum Gasteiger partial charge on any atom is -0.485 e. The molecule has 2 aromatic rings. The Bertz CT molecular complexity index is 584. The number of nitrogens with zero attached hydrogens (tertiary/aromatic N) is 2. The summed E-state index contributed by atoms with van der Waals surface area (Å²) < 4.78 is 20.4. The highest BCUT2D eigenvalue weighted by Gasteiger charge is 2.12. The minimum absolute atomic E-state index is 0.145. The number of aliphatic hydroxyl groups excluding tert-OH is 1. The number of aliphatic hydroxyl groups is 1. The Kier molecular flexibility index (Phi) is 4.07. The molecule has 1 heterocycles. The normalized spacial score (nSPS) is 12.5. The second kappa shape index (κ2) is 5.59. The Balaban J connectivity index is 2.19. The fourth-order valence-corrected chi connectivity index (χ4v) is 1.83. The van der Waals surface area contributed by atoms with E-state index in [1.165, 1.54) is 24.4 Å². The SMILES string of the molecule is C[C@H](O)c1ccc(F)cc1OCc1ncc(Cl)n1C. The predicted octanol–water partition coefficient (Wildman–Crippen LogP) is 2.84. The lowest BCUT2D eigenvalue weighted by molar-refractivity contribution is 0.189. The van der Waals surface area contributed by atoms with E-state index in [0.717, 1.165) is 0 Å². The van der Waals surface area contributed by atoms with Crippen molar-refractivity contribution in [2.45, 2.75) is 19.6 Å². The summed E-state index contributed by atoms with van der Waals surface area (Å²) in [6, 6.07) is 4.03. The number of aromatic nitrogens is 2. The maximum absolute atomic E-state index is 13.2. The molecule has 0 fully saturated rings. The maximum Gasteiger partial charge on any atom is 0.147 e. The Morgan fingerprint density at radius 2 is 2.26 bits per heavy atom. The van der Waals surface area contributed by atoms with Crippen molar-refractivity contribution in [3.05, 3.63) is 46.8 Å². The Morgan fingerprint density at radius 3 is 2.84 bits per heavy atom. The van der Waals surface area contributed by atoms with Gasteiger partial charge in [0.05, 0.1) is 12.3 Å². The van der Waals surface area contributed by atoms with Crippen molar-refractivity contribution in [3.63, 3.8) is 0 Å². The first kappa shape index (κ1) is 13.8.